The summed E-state index contributed by atoms with van der Waals surface area (Å²) in [6.07, 6.45) is 7.39. The van der Waals surface area contributed by atoms with Gasteiger partial charge in [0.2, 0.25) is 5.91 Å². The highest BCUT2D eigenvalue weighted by molar-refractivity contribution is 7.99. The summed E-state index contributed by atoms with van der Waals surface area (Å²) in [6.45, 7) is 6.37. The maximum atomic E-state index is 13.4. The Hall–Kier alpha value is -2.43. The van der Waals surface area contributed by atoms with Crippen LogP contribution in [0.25, 0.3) is 10.2 Å². The topological polar surface area (TPSA) is 90.3 Å². The van der Waals surface area contributed by atoms with Crippen LogP contribution < -0.4 is 10.9 Å². The lowest BCUT2D eigenvalue weighted by Gasteiger charge is -2.17. The lowest BCUT2D eigenvalue weighted by Crippen LogP contribution is -2.24. The van der Waals surface area contributed by atoms with E-state index < -0.39 is 5.97 Å². The zero-order valence-corrected chi connectivity index (χ0v) is 22.2. The molecule has 5 rings (SSSR count). The molecule has 3 heterocycles. The number of nitrogens with one attached hydrogen (secondary N) is 1. The van der Waals surface area contributed by atoms with Gasteiger partial charge in [0.25, 0.3) is 5.56 Å². The third kappa shape index (κ3) is 4.47. The van der Waals surface area contributed by atoms with Gasteiger partial charge in [-0.05, 0) is 55.6 Å². The smallest absolute Gasteiger partial charge is 0.341 e. The number of thioether (sulfide) groups is 1. The SMILES string of the molecule is C=CCn1c(SCC(=O)Nc2sc3c(c2C(=O)OC)CCC3)nc2sc3c(c2c1=O)CC[C@@H](C)C3. The van der Waals surface area contributed by atoms with Crippen molar-refractivity contribution in [3.63, 3.8) is 0 Å². The van der Waals surface area contributed by atoms with Crippen LogP contribution in [-0.2, 0) is 41.8 Å². The largest absolute Gasteiger partial charge is 0.465 e. The zero-order chi connectivity index (χ0) is 24.7. The maximum absolute atomic E-state index is 13.4. The minimum Gasteiger partial charge on any atom is -0.465 e. The zero-order valence-electron chi connectivity index (χ0n) is 19.8. The van der Waals surface area contributed by atoms with Crippen LogP contribution in [0.3, 0.4) is 0 Å². The van der Waals surface area contributed by atoms with E-state index in [1.807, 2.05) is 0 Å². The van der Waals surface area contributed by atoms with Gasteiger partial charge < -0.3 is 10.1 Å². The van der Waals surface area contributed by atoms with Crippen LogP contribution in [0.1, 0.15) is 51.0 Å². The van der Waals surface area contributed by atoms with E-state index in [0.717, 1.165) is 64.7 Å². The molecule has 0 saturated heterocycles. The summed E-state index contributed by atoms with van der Waals surface area (Å²) >= 11 is 4.28. The number of carbonyl (C=O) groups excluding carboxylic acids is 2. The van der Waals surface area contributed by atoms with Gasteiger partial charge in [-0.2, -0.15) is 0 Å². The standard InChI is InChI=1S/C25H27N3O4S3/c1-4-10-28-23(30)19-15-9-8-13(2)11-17(15)35-21(19)27-25(28)33-12-18(29)26-22-20(24(31)32-3)14-6-5-7-16(14)34-22/h4,13H,1,5-12H2,2-3H3,(H,26,29)/t13-/m1/s1. The Balaban J connectivity index is 1.40. The van der Waals surface area contributed by atoms with Gasteiger partial charge in [0, 0.05) is 16.3 Å². The number of allylic oxidation sites excluding steroid dienone is 1. The molecule has 0 saturated carbocycles. The predicted molar refractivity (Wildman–Crippen MR) is 142 cm³/mol. The molecule has 0 aliphatic heterocycles. The average Bonchev–Trinajstić information content (AvgIpc) is 3.51. The van der Waals surface area contributed by atoms with Crippen molar-refractivity contribution in [1.82, 2.24) is 9.55 Å². The minimum absolute atomic E-state index is 0.0625. The summed E-state index contributed by atoms with van der Waals surface area (Å²) in [7, 11) is 1.35. The van der Waals surface area contributed by atoms with Crippen molar-refractivity contribution in [2.24, 2.45) is 5.92 Å². The van der Waals surface area contributed by atoms with Gasteiger partial charge in [0.15, 0.2) is 5.16 Å². The summed E-state index contributed by atoms with van der Waals surface area (Å²) < 4.78 is 6.57. The number of esters is 1. The van der Waals surface area contributed by atoms with Crippen molar-refractivity contribution in [2.45, 2.75) is 57.1 Å². The molecule has 10 heteroatoms. The number of aryl methyl sites for hydroxylation is 2. The van der Waals surface area contributed by atoms with Gasteiger partial charge in [-0.1, -0.05) is 24.8 Å². The fourth-order valence-corrected chi connectivity index (χ4v) is 8.43. The lowest BCUT2D eigenvalue weighted by atomic mass is 9.89. The van der Waals surface area contributed by atoms with Crippen LogP contribution in [0.4, 0.5) is 5.00 Å². The van der Waals surface area contributed by atoms with Crippen molar-refractivity contribution < 1.29 is 14.3 Å². The number of ether oxygens (including phenoxy) is 1. The van der Waals surface area contributed by atoms with E-state index in [9.17, 15) is 14.4 Å². The molecule has 0 unspecified atom stereocenters. The minimum atomic E-state index is -0.421. The Labute approximate surface area is 215 Å². The first-order valence-electron chi connectivity index (χ1n) is 11.7. The Morgan fingerprint density at radius 2 is 2.09 bits per heavy atom. The second-order valence-corrected chi connectivity index (χ2v) is 12.2. The van der Waals surface area contributed by atoms with Crippen LogP contribution in [-0.4, -0.2) is 34.3 Å². The second-order valence-electron chi connectivity index (χ2n) is 9.02. The van der Waals surface area contributed by atoms with E-state index in [4.69, 9.17) is 9.72 Å². The molecule has 3 aromatic heterocycles. The molecule has 2 aliphatic rings. The van der Waals surface area contributed by atoms with Gasteiger partial charge >= 0.3 is 5.97 Å². The highest BCUT2D eigenvalue weighted by atomic mass is 32.2. The van der Waals surface area contributed by atoms with E-state index in [1.165, 1.54) is 35.1 Å². The number of hydrogen-bond donors (Lipinski definition) is 1. The fraction of sp³-hybridized carbons (Fsp3) is 0.440. The number of fused-ring (bicyclic) bond motifs is 4. The van der Waals surface area contributed by atoms with Crippen molar-refractivity contribution in [3.8, 4) is 0 Å². The number of rotatable bonds is 7. The maximum Gasteiger partial charge on any atom is 0.341 e. The van der Waals surface area contributed by atoms with Crippen LogP contribution in [0, 0.1) is 5.92 Å². The Bertz CT molecular complexity index is 1400. The average molecular weight is 530 g/mol. The normalized spacial score (nSPS) is 16.7. The summed E-state index contributed by atoms with van der Waals surface area (Å²) in [5.41, 5.74) is 2.55. The molecular formula is C25H27N3O4S3. The second kappa shape index (κ2) is 9.91. The molecule has 7 nitrogen and oxygen atoms in total. The monoisotopic (exact) mass is 529 g/mol. The Kier molecular flexibility index (Phi) is 6.87. The van der Waals surface area contributed by atoms with Crippen molar-refractivity contribution in [3.05, 3.63) is 49.5 Å². The van der Waals surface area contributed by atoms with Gasteiger partial charge in [-0.3, -0.25) is 14.2 Å². The van der Waals surface area contributed by atoms with E-state index in [2.05, 4.69) is 18.8 Å². The summed E-state index contributed by atoms with van der Waals surface area (Å²) in [5.74, 6) is 0.00609. The third-order valence-electron chi connectivity index (χ3n) is 6.59. The molecule has 184 valence electrons. The van der Waals surface area contributed by atoms with Crippen molar-refractivity contribution in [2.75, 3.05) is 18.2 Å². The number of anilines is 1. The van der Waals surface area contributed by atoms with Crippen molar-refractivity contribution >= 4 is 61.5 Å². The molecule has 0 radical (unpaired) electrons. The number of aromatic nitrogens is 2. The summed E-state index contributed by atoms with van der Waals surface area (Å²) in [6, 6.07) is 0. The van der Waals surface area contributed by atoms with Gasteiger partial charge in [0.1, 0.15) is 9.83 Å². The molecule has 0 aromatic carbocycles. The number of thiophene rings is 2. The molecular weight excluding hydrogens is 502 g/mol. The molecule has 0 fully saturated rings. The number of nitrogens with zero attached hydrogens (tertiary/aromatic N) is 2. The third-order valence-corrected chi connectivity index (χ3v) is 9.92. The highest BCUT2D eigenvalue weighted by Gasteiger charge is 2.28. The number of hydrogen-bond acceptors (Lipinski definition) is 8. The first-order chi connectivity index (χ1) is 16.9. The van der Waals surface area contributed by atoms with Crippen LogP contribution in [0.15, 0.2) is 22.6 Å². The Morgan fingerprint density at radius 1 is 1.26 bits per heavy atom. The van der Waals surface area contributed by atoms with Crippen molar-refractivity contribution in [1.29, 1.82) is 0 Å². The summed E-state index contributed by atoms with van der Waals surface area (Å²) in [5, 5.41) is 4.67. The fourth-order valence-electron chi connectivity index (χ4n) is 4.91. The molecule has 0 bridgehead atoms. The molecule has 1 N–H and O–H groups in total. The first-order valence-corrected chi connectivity index (χ1v) is 14.3. The molecule has 0 spiro atoms. The lowest BCUT2D eigenvalue weighted by molar-refractivity contribution is -0.113. The molecule has 35 heavy (non-hydrogen) atoms. The molecule has 1 atom stereocenters. The molecule has 2 aliphatic carbocycles. The first kappa shape index (κ1) is 24.3. The van der Waals surface area contributed by atoms with E-state index in [1.54, 1.807) is 22.0 Å². The number of carbonyl (C=O) groups is 2. The molecule has 1 amide bonds. The predicted octanol–water partition coefficient (Wildman–Crippen LogP) is 4.84. The van der Waals surface area contributed by atoms with Crippen LogP contribution in [0.5, 0.6) is 0 Å². The van der Waals surface area contributed by atoms with Gasteiger partial charge in [-0.15, -0.1) is 29.3 Å². The van der Waals surface area contributed by atoms with Gasteiger partial charge in [-0.25, -0.2) is 9.78 Å². The number of amides is 1. The van der Waals surface area contributed by atoms with Crippen LogP contribution >= 0.6 is 34.4 Å². The van der Waals surface area contributed by atoms with E-state index in [-0.39, 0.29) is 17.2 Å². The quantitative estimate of drug-likeness (QED) is 0.204. The number of methoxy groups -OCH3 is 1. The summed E-state index contributed by atoms with van der Waals surface area (Å²) in [4.78, 5) is 46.6. The van der Waals surface area contributed by atoms with Gasteiger partial charge in [0.05, 0.1) is 23.8 Å². The Morgan fingerprint density at radius 3 is 2.86 bits per heavy atom. The highest BCUT2D eigenvalue weighted by Crippen LogP contribution is 2.40. The van der Waals surface area contributed by atoms with Crippen LogP contribution in [0.2, 0.25) is 0 Å². The molecule has 3 aromatic rings. The van der Waals surface area contributed by atoms with E-state index in [0.29, 0.717) is 28.2 Å². The van der Waals surface area contributed by atoms with E-state index >= 15 is 0 Å².